The first-order valence-electron chi connectivity index (χ1n) is 4.71. The molecular formula is C10H18O. The predicted octanol–water partition coefficient (Wildman–Crippen LogP) is 2.19. The van der Waals surface area contributed by atoms with Gasteiger partial charge < -0.3 is 5.11 Å². The van der Waals surface area contributed by atoms with Gasteiger partial charge in [-0.25, -0.2) is 0 Å². The lowest BCUT2D eigenvalue weighted by atomic mass is 9.90. The van der Waals surface area contributed by atoms with Gasteiger partial charge in [0.2, 0.25) is 0 Å². The topological polar surface area (TPSA) is 20.2 Å². The van der Waals surface area contributed by atoms with E-state index in [0.29, 0.717) is 11.3 Å². The van der Waals surface area contributed by atoms with Crippen LogP contribution in [0.25, 0.3) is 0 Å². The first-order valence-corrected chi connectivity index (χ1v) is 4.71. The van der Waals surface area contributed by atoms with Gasteiger partial charge in [-0.3, -0.25) is 0 Å². The van der Waals surface area contributed by atoms with Gasteiger partial charge >= 0.3 is 0 Å². The van der Waals surface area contributed by atoms with E-state index < -0.39 is 0 Å². The lowest BCUT2D eigenvalue weighted by Gasteiger charge is -2.17. The Bertz CT molecular complexity index is 183. The summed E-state index contributed by atoms with van der Waals surface area (Å²) in [6.45, 7) is 6.59. The van der Waals surface area contributed by atoms with E-state index in [9.17, 15) is 5.11 Å². The summed E-state index contributed by atoms with van der Waals surface area (Å²) in [6.07, 6.45) is 3.55. The zero-order valence-electron chi connectivity index (χ0n) is 7.72. The zero-order valence-corrected chi connectivity index (χ0v) is 7.72. The van der Waals surface area contributed by atoms with Gasteiger partial charge in [-0.1, -0.05) is 13.8 Å². The molecule has 0 aromatic heterocycles. The van der Waals surface area contributed by atoms with Gasteiger partial charge in [0.1, 0.15) is 0 Å². The van der Waals surface area contributed by atoms with E-state index in [1.165, 1.54) is 12.8 Å². The van der Waals surface area contributed by atoms with Crippen molar-refractivity contribution in [1.82, 2.24) is 0 Å². The third kappa shape index (κ3) is 0.807. The zero-order chi connectivity index (χ0) is 8.28. The third-order valence-electron chi connectivity index (χ3n) is 4.12. The Hall–Kier alpha value is -0.0400. The van der Waals surface area contributed by atoms with Gasteiger partial charge in [0.15, 0.2) is 0 Å². The van der Waals surface area contributed by atoms with Gasteiger partial charge in [0, 0.05) is 0 Å². The Morgan fingerprint density at radius 1 is 1.36 bits per heavy atom. The standard InChI is InChI=1S/C10H18O/c1-7(2)10-5-4-9(3,11)8(10)6-10/h7-8,11H,4-6H2,1-3H3/t8-,9+,10+/m0/s1. The van der Waals surface area contributed by atoms with E-state index in [1.807, 2.05) is 6.92 Å². The Kier molecular flexibility index (Phi) is 1.26. The first kappa shape index (κ1) is 7.60. The fourth-order valence-corrected chi connectivity index (χ4v) is 3.02. The maximum Gasteiger partial charge on any atom is 0.0653 e. The maximum absolute atomic E-state index is 9.92. The highest BCUT2D eigenvalue weighted by atomic mass is 16.3. The number of hydrogen-bond acceptors (Lipinski definition) is 1. The normalized spacial score (nSPS) is 54.8. The molecule has 1 nitrogen and oxygen atoms in total. The van der Waals surface area contributed by atoms with Crippen LogP contribution < -0.4 is 0 Å². The fourth-order valence-electron chi connectivity index (χ4n) is 3.02. The molecule has 0 aromatic carbocycles. The Morgan fingerprint density at radius 2 is 2.00 bits per heavy atom. The molecule has 0 saturated heterocycles. The maximum atomic E-state index is 9.92. The van der Waals surface area contributed by atoms with Crippen LogP contribution in [0.1, 0.15) is 40.0 Å². The Labute approximate surface area is 68.8 Å². The van der Waals surface area contributed by atoms with Crippen molar-refractivity contribution >= 4 is 0 Å². The van der Waals surface area contributed by atoms with E-state index in [0.717, 1.165) is 12.3 Å². The molecule has 64 valence electrons. The van der Waals surface area contributed by atoms with Crippen LogP contribution >= 0.6 is 0 Å². The molecule has 3 atom stereocenters. The van der Waals surface area contributed by atoms with E-state index in [4.69, 9.17) is 0 Å². The average molecular weight is 154 g/mol. The van der Waals surface area contributed by atoms with Gasteiger partial charge in [-0.15, -0.1) is 0 Å². The largest absolute Gasteiger partial charge is 0.390 e. The summed E-state index contributed by atoms with van der Waals surface area (Å²) in [5.74, 6) is 1.39. The fraction of sp³-hybridized carbons (Fsp3) is 1.00. The number of hydrogen-bond donors (Lipinski definition) is 1. The highest BCUT2D eigenvalue weighted by Gasteiger charge is 2.67. The number of rotatable bonds is 1. The molecular weight excluding hydrogens is 136 g/mol. The molecule has 0 bridgehead atoms. The average Bonchev–Trinajstić information content (AvgIpc) is 2.54. The molecule has 2 saturated carbocycles. The third-order valence-corrected chi connectivity index (χ3v) is 4.12. The molecule has 1 heteroatoms. The van der Waals surface area contributed by atoms with Crippen molar-refractivity contribution in [2.24, 2.45) is 17.3 Å². The van der Waals surface area contributed by atoms with E-state index in [1.54, 1.807) is 0 Å². The van der Waals surface area contributed by atoms with Gasteiger partial charge in [-0.2, -0.15) is 0 Å². The highest BCUT2D eigenvalue weighted by Crippen LogP contribution is 2.70. The van der Waals surface area contributed by atoms with Crippen LogP contribution in [0.2, 0.25) is 0 Å². The molecule has 1 N–H and O–H groups in total. The molecule has 2 rings (SSSR count). The molecule has 0 aliphatic heterocycles. The second kappa shape index (κ2) is 1.82. The molecule has 11 heavy (non-hydrogen) atoms. The molecule has 0 unspecified atom stereocenters. The summed E-state index contributed by atoms with van der Waals surface area (Å²) in [5, 5.41) is 9.92. The smallest absolute Gasteiger partial charge is 0.0653 e. The van der Waals surface area contributed by atoms with Gasteiger partial charge in [0.25, 0.3) is 0 Å². The quantitative estimate of drug-likeness (QED) is 0.614. The molecule has 0 heterocycles. The van der Waals surface area contributed by atoms with Crippen LogP contribution in [0.5, 0.6) is 0 Å². The first-order chi connectivity index (χ1) is 4.99. The minimum atomic E-state index is -0.329. The summed E-state index contributed by atoms with van der Waals surface area (Å²) < 4.78 is 0. The second-order valence-corrected chi connectivity index (χ2v) is 5.00. The van der Waals surface area contributed by atoms with Crippen molar-refractivity contribution in [2.45, 2.75) is 45.6 Å². The van der Waals surface area contributed by atoms with Crippen molar-refractivity contribution in [3.8, 4) is 0 Å². The molecule has 0 radical (unpaired) electrons. The molecule has 2 fully saturated rings. The number of fused-ring (bicyclic) bond motifs is 1. The van der Waals surface area contributed by atoms with Crippen molar-refractivity contribution in [1.29, 1.82) is 0 Å². The van der Waals surface area contributed by atoms with Crippen LogP contribution in [0.3, 0.4) is 0 Å². The van der Waals surface area contributed by atoms with Crippen molar-refractivity contribution in [3.05, 3.63) is 0 Å². The lowest BCUT2D eigenvalue weighted by Crippen LogP contribution is -2.23. The summed E-state index contributed by atoms with van der Waals surface area (Å²) >= 11 is 0. The monoisotopic (exact) mass is 154 g/mol. The van der Waals surface area contributed by atoms with E-state index in [2.05, 4.69) is 13.8 Å². The summed E-state index contributed by atoms with van der Waals surface area (Å²) in [5.41, 5.74) is 0.216. The van der Waals surface area contributed by atoms with Crippen molar-refractivity contribution in [3.63, 3.8) is 0 Å². The minimum Gasteiger partial charge on any atom is -0.390 e. The minimum absolute atomic E-state index is 0.329. The van der Waals surface area contributed by atoms with Crippen molar-refractivity contribution in [2.75, 3.05) is 0 Å². The molecule has 0 aromatic rings. The highest BCUT2D eigenvalue weighted by molar-refractivity contribution is 5.16. The van der Waals surface area contributed by atoms with Gasteiger partial charge in [0.05, 0.1) is 5.60 Å². The predicted molar refractivity (Wildman–Crippen MR) is 45.2 cm³/mol. The number of aliphatic hydroxyl groups is 1. The lowest BCUT2D eigenvalue weighted by molar-refractivity contribution is 0.0426. The SMILES string of the molecule is CC(C)[C@]12CC[C@@](C)(O)[C@@H]1C2. The van der Waals surface area contributed by atoms with E-state index >= 15 is 0 Å². The van der Waals surface area contributed by atoms with Crippen LogP contribution in [-0.4, -0.2) is 10.7 Å². The Morgan fingerprint density at radius 3 is 2.18 bits per heavy atom. The summed E-state index contributed by atoms with van der Waals surface area (Å²) in [4.78, 5) is 0. The van der Waals surface area contributed by atoms with Gasteiger partial charge in [-0.05, 0) is 43.4 Å². The summed E-state index contributed by atoms with van der Waals surface area (Å²) in [6, 6.07) is 0. The molecule has 2 aliphatic carbocycles. The van der Waals surface area contributed by atoms with E-state index in [-0.39, 0.29) is 5.60 Å². The summed E-state index contributed by atoms with van der Waals surface area (Å²) in [7, 11) is 0. The van der Waals surface area contributed by atoms with Crippen LogP contribution in [-0.2, 0) is 0 Å². The molecule has 0 amide bonds. The van der Waals surface area contributed by atoms with Crippen LogP contribution in [0.15, 0.2) is 0 Å². The second-order valence-electron chi connectivity index (χ2n) is 5.00. The molecule has 0 spiro atoms. The van der Waals surface area contributed by atoms with Crippen molar-refractivity contribution < 1.29 is 5.11 Å². The van der Waals surface area contributed by atoms with Crippen LogP contribution in [0, 0.1) is 17.3 Å². The Balaban J connectivity index is 2.17. The molecule has 2 aliphatic rings. The van der Waals surface area contributed by atoms with Crippen LogP contribution in [0.4, 0.5) is 0 Å².